The zero-order valence-corrected chi connectivity index (χ0v) is 13.0. The molecule has 0 saturated heterocycles. The lowest BCUT2D eigenvalue weighted by Crippen LogP contribution is -2.25. The van der Waals surface area contributed by atoms with Crippen LogP contribution in [0.5, 0.6) is 5.75 Å². The van der Waals surface area contributed by atoms with Crippen LogP contribution in [0.4, 0.5) is 0 Å². The highest BCUT2D eigenvalue weighted by Gasteiger charge is 2.09. The lowest BCUT2D eigenvalue weighted by molar-refractivity contribution is -0.118. The number of methoxy groups -OCH3 is 1. The van der Waals surface area contributed by atoms with Crippen molar-refractivity contribution in [1.29, 1.82) is 0 Å². The van der Waals surface area contributed by atoms with Crippen molar-refractivity contribution in [2.75, 3.05) is 19.4 Å². The molecule has 2 aromatic rings. The molecule has 0 spiro atoms. The van der Waals surface area contributed by atoms with E-state index in [1.165, 1.54) is 11.8 Å². The summed E-state index contributed by atoms with van der Waals surface area (Å²) in [5.41, 5.74) is 0.961. The Morgan fingerprint density at radius 1 is 1.48 bits per heavy atom. The number of nitrogens with one attached hydrogen (secondary N) is 1. The first-order chi connectivity index (χ1) is 10.2. The number of benzene rings is 1. The van der Waals surface area contributed by atoms with Gasteiger partial charge in [-0.2, -0.15) is 0 Å². The van der Waals surface area contributed by atoms with E-state index in [-0.39, 0.29) is 5.91 Å². The van der Waals surface area contributed by atoms with E-state index in [1.54, 1.807) is 13.3 Å². The van der Waals surface area contributed by atoms with Crippen LogP contribution in [0.15, 0.2) is 41.8 Å². The summed E-state index contributed by atoms with van der Waals surface area (Å²) in [6.07, 6.45) is 4.54. The first kappa shape index (κ1) is 15.4. The van der Waals surface area contributed by atoms with Gasteiger partial charge in [-0.05, 0) is 18.6 Å². The highest BCUT2D eigenvalue weighted by Crippen LogP contribution is 2.22. The third-order valence-corrected chi connectivity index (χ3v) is 3.81. The fourth-order valence-electron chi connectivity index (χ4n) is 1.80. The maximum absolute atomic E-state index is 11.7. The van der Waals surface area contributed by atoms with Crippen molar-refractivity contribution in [1.82, 2.24) is 14.9 Å². The van der Waals surface area contributed by atoms with E-state index in [9.17, 15) is 4.79 Å². The summed E-state index contributed by atoms with van der Waals surface area (Å²) >= 11 is 1.42. The molecule has 6 heteroatoms. The van der Waals surface area contributed by atoms with Gasteiger partial charge in [0, 0.05) is 25.0 Å². The van der Waals surface area contributed by atoms with E-state index in [0.29, 0.717) is 12.3 Å². The molecule has 5 nitrogen and oxygen atoms in total. The fourth-order valence-corrected chi connectivity index (χ4v) is 2.60. The predicted octanol–water partition coefficient (Wildman–Crippen LogP) is 2.50. The molecule has 0 aliphatic rings. The Morgan fingerprint density at radius 3 is 3.10 bits per heavy atom. The largest absolute Gasteiger partial charge is 0.497 e. The molecule has 0 aliphatic heterocycles. The van der Waals surface area contributed by atoms with Gasteiger partial charge in [0.1, 0.15) is 5.75 Å². The predicted molar refractivity (Wildman–Crippen MR) is 84.1 cm³/mol. The number of hydrogen-bond acceptors (Lipinski definition) is 4. The van der Waals surface area contributed by atoms with Crippen molar-refractivity contribution >= 4 is 17.7 Å². The molecule has 0 aliphatic carbocycles. The Hall–Kier alpha value is -1.95. The number of hydrogen-bond donors (Lipinski definition) is 1. The molecule has 0 bridgehead atoms. The van der Waals surface area contributed by atoms with Crippen molar-refractivity contribution in [2.24, 2.45) is 0 Å². The monoisotopic (exact) mass is 305 g/mol. The summed E-state index contributed by atoms with van der Waals surface area (Å²) in [7, 11) is 1.64. The molecular formula is C15H19N3O2S. The van der Waals surface area contributed by atoms with E-state index in [0.717, 1.165) is 23.0 Å². The Kier molecular flexibility index (Phi) is 5.68. The molecule has 0 atom stereocenters. The molecule has 1 heterocycles. The molecule has 0 unspecified atom stereocenters. The average molecular weight is 305 g/mol. The van der Waals surface area contributed by atoms with Gasteiger partial charge in [-0.1, -0.05) is 24.8 Å². The second-order valence-corrected chi connectivity index (χ2v) is 5.36. The Balaban J connectivity index is 2.06. The number of carbonyl (C=O) groups excluding carboxylic acids is 1. The quantitative estimate of drug-likeness (QED) is 0.799. The minimum atomic E-state index is 0.0297. The summed E-state index contributed by atoms with van der Waals surface area (Å²) < 4.78 is 7.18. The second kappa shape index (κ2) is 7.73. The number of thioether (sulfide) groups is 1. The lowest BCUT2D eigenvalue weighted by atomic mass is 10.3. The first-order valence-corrected chi connectivity index (χ1v) is 7.80. The van der Waals surface area contributed by atoms with Gasteiger partial charge in [-0.15, -0.1) is 0 Å². The van der Waals surface area contributed by atoms with E-state index >= 15 is 0 Å². The molecule has 112 valence electrons. The van der Waals surface area contributed by atoms with Gasteiger partial charge in [0.05, 0.1) is 18.6 Å². The molecule has 0 fully saturated rings. The molecule has 1 aromatic carbocycles. The van der Waals surface area contributed by atoms with E-state index < -0.39 is 0 Å². The van der Waals surface area contributed by atoms with Gasteiger partial charge in [-0.3, -0.25) is 9.36 Å². The van der Waals surface area contributed by atoms with Crippen LogP contribution in [0.1, 0.15) is 13.3 Å². The van der Waals surface area contributed by atoms with Crippen LogP contribution in [0.25, 0.3) is 5.69 Å². The van der Waals surface area contributed by atoms with Crippen molar-refractivity contribution in [3.8, 4) is 11.4 Å². The number of ether oxygens (including phenoxy) is 1. The molecule has 1 N–H and O–H groups in total. The van der Waals surface area contributed by atoms with Gasteiger partial charge in [0.2, 0.25) is 5.91 Å². The molecule has 0 saturated carbocycles. The number of carbonyl (C=O) groups is 1. The number of amides is 1. The Morgan fingerprint density at radius 2 is 2.33 bits per heavy atom. The maximum Gasteiger partial charge on any atom is 0.230 e. The summed E-state index contributed by atoms with van der Waals surface area (Å²) in [4.78, 5) is 16.0. The second-order valence-electron chi connectivity index (χ2n) is 4.42. The van der Waals surface area contributed by atoms with Crippen LogP contribution in [-0.2, 0) is 4.79 Å². The van der Waals surface area contributed by atoms with Gasteiger partial charge in [-0.25, -0.2) is 4.98 Å². The smallest absolute Gasteiger partial charge is 0.230 e. The third kappa shape index (κ3) is 4.26. The van der Waals surface area contributed by atoms with E-state index in [2.05, 4.69) is 10.3 Å². The zero-order chi connectivity index (χ0) is 15.1. The summed E-state index contributed by atoms with van der Waals surface area (Å²) in [5, 5.41) is 3.64. The number of rotatable bonds is 7. The van der Waals surface area contributed by atoms with Crippen LogP contribution in [0.3, 0.4) is 0 Å². The van der Waals surface area contributed by atoms with Crippen molar-refractivity contribution in [3.63, 3.8) is 0 Å². The lowest BCUT2D eigenvalue weighted by Gasteiger charge is -2.09. The van der Waals surface area contributed by atoms with E-state index in [1.807, 2.05) is 42.0 Å². The zero-order valence-electron chi connectivity index (χ0n) is 12.2. The van der Waals surface area contributed by atoms with Gasteiger partial charge >= 0.3 is 0 Å². The first-order valence-electron chi connectivity index (χ1n) is 6.82. The summed E-state index contributed by atoms with van der Waals surface area (Å²) in [6.45, 7) is 2.74. The average Bonchev–Trinajstić information content (AvgIpc) is 2.99. The summed E-state index contributed by atoms with van der Waals surface area (Å²) in [5.74, 6) is 1.18. The van der Waals surface area contributed by atoms with Crippen molar-refractivity contribution in [3.05, 3.63) is 36.7 Å². The standard InChI is InChI=1S/C15H19N3O2S/c1-3-7-16-14(19)11-21-15-17-8-9-18(15)12-5-4-6-13(10-12)20-2/h4-6,8-10H,3,7,11H2,1-2H3,(H,16,19). The van der Waals surface area contributed by atoms with Crippen LogP contribution in [-0.4, -0.2) is 34.9 Å². The van der Waals surface area contributed by atoms with Gasteiger partial charge in [0.25, 0.3) is 0 Å². The van der Waals surface area contributed by atoms with Crippen LogP contribution in [0, 0.1) is 0 Å². The molecule has 1 aromatic heterocycles. The topological polar surface area (TPSA) is 56.2 Å². The number of imidazole rings is 1. The maximum atomic E-state index is 11.7. The molecular weight excluding hydrogens is 286 g/mol. The number of nitrogens with zero attached hydrogens (tertiary/aromatic N) is 2. The van der Waals surface area contributed by atoms with Crippen molar-refractivity contribution in [2.45, 2.75) is 18.5 Å². The highest BCUT2D eigenvalue weighted by atomic mass is 32.2. The minimum Gasteiger partial charge on any atom is -0.497 e. The third-order valence-electron chi connectivity index (χ3n) is 2.84. The van der Waals surface area contributed by atoms with Crippen LogP contribution >= 0.6 is 11.8 Å². The van der Waals surface area contributed by atoms with Gasteiger partial charge in [0.15, 0.2) is 5.16 Å². The van der Waals surface area contributed by atoms with E-state index in [4.69, 9.17) is 4.74 Å². The highest BCUT2D eigenvalue weighted by molar-refractivity contribution is 7.99. The molecule has 2 rings (SSSR count). The molecule has 1 amide bonds. The molecule has 21 heavy (non-hydrogen) atoms. The molecule has 0 radical (unpaired) electrons. The van der Waals surface area contributed by atoms with Crippen LogP contribution < -0.4 is 10.1 Å². The Labute approximate surface area is 128 Å². The van der Waals surface area contributed by atoms with Crippen LogP contribution in [0.2, 0.25) is 0 Å². The minimum absolute atomic E-state index is 0.0297. The SMILES string of the molecule is CCCNC(=O)CSc1nccn1-c1cccc(OC)c1. The Bertz CT molecular complexity index is 598. The van der Waals surface area contributed by atoms with Gasteiger partial charge < -0.3 is 10.1 Å². The fraction of sp³-hybridized carbons (Fsp3) is 0.333. The number of aromatic nitrogens is 2. The normalized spacial score (nSPS) is 10.4. The van der Waals surface area contributed by atoms with Crippen molar-refractivity contribution < 1.29 is 9.53 Å². The summed E-state index contributed by atoms with van der Waals surface area (Å²) in [6, 6.07) is 7.73.